The smallest absolute Gasteiger partial charge is 0.314 e. The molecule has 6 nitrogen and oxygen atoms in total. The number of carbonyl (C=O) groups is 1. The third-order valence-electron chi connectivity index (χ3n) is 5.44. The largest absolute Gasteiger partial charge is 0.325 e. The second-order valence-electron chi connectivity index (χ2n) is 7.48. The maximum atomic E-state index is 13.0. The van der Waals surface area contributed by atoms with Gasteiger partial charge >= 0.3 is 5.69 Å². The Labute approximate surface area is 168 Å². The van der Waals surface area contributed by atoms with Gasteiger partial charge in [-0.3, -0.25) is 19.5 Å². The van der Waals surface area contributed by atoms with Crippen LogP contribution in [0.15, 0.2) is 70.4 Å². The molecule has 148 valence electrons. The van der Waals surface area contributed by atoms with Crippen LogP contribution in [-0.2, 0) is 6.54 Å². The molecule has 1 saturated heterocycles. The monoisotopic (exact) mass is 389 g/mol. The molecule has 0 aliphatic carbocycles. The summed E-state index contributed by atoms with van der Waals surface area (Å²) in [7, 11) is 0. The Morgan fingerprint density at radius 1 is 1.00 bits per heavy atom. The first-order valence-electron chi connectivity index (χ1n) is 9.83. The van der Waals surface area contributed by atoms with Crippen LogP contribution in [0.1, 0.15) is 28.8 Å². The van der Waals surface area contributed by atoms with Gasteiger partial charge in [-0.1, -0.05) is 54.6 Å². The number of Topliss-reactive ketones (excluding diaryl/α,β-unsaturated/α-hetero) is 1. The highest BCUT2D eigenvalue weighted by atomic mass is 16.2. The molecule has 1 aromatic heterocycles. The molecule has 0 bridgehead atoms. The second kappa shape index (κ2) is 8.41. The zero-order chi connectivity index (χ0) is 20.2. The number of aromatic amines is 2. The number of nitrogens with zero attached hydrogens (tertiary/aromatic N) is 1. The Balaban J connectivity index is 1.44. The maximum absolute atomic E-state index is 13.0. The van der Waals surface area contributed by atoms with E-state index >= 15 is 0 Å². The van der Waals surface area contributed by atoms with Crippen molar-refractivity contribution < 1.29 is 4.79 Å². The molecule has 1 atom stereocenters. The third-order valence-corrected chi connectivity index (χ3v) is 5.44. The molecule has 3 aromatic rings. The quantitative estimate of drug-likeness (QED) is 0.657. The summed E-state index contributed by atoms with van der Waals surface area (Å²) < 4.78 is 0. The van der Waals surface area contributed by atoms with E-state index in [1.807, 2.05) is 54.6 Å². The van der Waals surface area contributed by atoms with Gasteiger partial charge in [-0.05, 0) is 30.5 Å². The van der Waals surface area contributed by atoms with E-state index in [9.17, 15) is 14.4 Å². The predicted octanol–water partition coefficient (Wildman–Crippen LogP) is 2.83. The molecule has 4 rings (SSSR count). The van der Waals surface area contributed by atoms with Gasteiger partial charge in [0, 0.05) is 36.3 Å². The molecule has 0 amide bonds. The minimum Gasteiger partial charge on any atom is -0.314 e. The summed E-state index contributed by atoms with van der Waals surface area (Å²) in [4.78, 5) is 43.0. The molecule has 0 saturated carbocycles. The zero-order valence-corrected chi connectivity index (χ0v) is 16.1. The zero-order valence-electron chi connectivity index (χ0n) is 16.1. The van der Waals surface area contributed by atoms with Crippen molar-refractivity contribution in [3.8, 4) is 11.1 Å². The first-order valence-corrected chi connectivity index (χ1v) is 9.83. The van der Waals surface area contributed by atoms with Crippen molar-refractivity contribution in [2.45, 2.75) is 19.4 Å². The first kappa shape index (κ1) is 19.1. The summed E-state index contributed by atoms with van der Waals surface area (Å²) in [5.41, 5.74) is 2.55. The van der Waals surface area contributed by atoms with Crippen LogP contribution < -0.4 is 11.2 Å². The normalized spacial score (nSPS) is 17.2. The van der Waals surface area contributed by atoms with E-state index in [4.69, 9.17) is 0 Å². The third kappa shape index (κ3) is 4.43. The summed E-state index contributed by atoms with van der Waals surface area (Å²) in [5, 5.41) is 0. The van der Waals surface area contributed by atoms with Gasteiger partial charge in [0.2, 0.25) is 0 Å². The van der Waals surface area contributed by atoms with Gasteiger partial charge in [0.25, 0.3) is 5.56 Å². The molecule has 0 radical (unpaired) electrons. The van der Waals surface area contributed by atoms with Crippen molar-refractivity contribution in [3.05, 3.63) is 92.8 Å². The van der Waals surface area contributed by atoms with Gasteiger partial charge in [0.05, 0.1) is 0 Å². The van der Waals surface area contributed by atoms with Gasteiger partial charge in [-0.2, -0.15) is 0 Å². The van der Waals surface area contributed by atoms with Gasteiger partial charge in [0.1, 0.15) is 0 Å². The summed E-state index contributed by atoms with van der Waals surface area (Å²) in [5.74, 6) is 0.0536. The SMILES string of the molecule is O=C(c1ccc(-c2ccccc2)cc1)[C@@H]1CCCN(Cc2c[nH]c(=O)[nH]c2=O)C1. The van der Waals surface area contributed by atoms with Crippen LogP contribution in [0.5, 0.6) is 0 Å². The Hall–Kier alpha value is -3.25. The van der Waals surface area contributed by atoms with E-state index in [1.54, 1.807) is 0 Å². The van der Waals surface area contributed by atoms with Gasteiger partial charge in [0.15, 0.2) is 5.78 Å². The van der Waals surface area contributed by atoms with Crippen LogP contribution in [0.3, 0.4) is 0 Å². The van der Waals surface area contributed by atoms with Gasteiger partial charge in [-0.15, -0.1) is 0 Å². The number of aromatic nitrogens is 2. The minimum absolute atomic E-state index is 0.0897. The summed E-state index contributed by atoms with van der Waals surface area (Å²) >= 11 is 0. The highest BCUT2D eigenvalue weighted by molar-refractivity contribution is 5.98. The number of rotatable bonds is 5. The van der Waals surface area contributed by atoms with Crippen LogP contribution in [0, 0.1) is 5.92 Å². The average molecular weight is 389 g/mol. The molecule has 1 aliphatic rings. The molecule has 29 heavy (non-hydrogen) atoms. The molecule has 6 heteroatoms. The van der Waals surface area contributed by atoms with E-state index in [-0.39, 0.29) is 17.3 Å². The number of hydrogen-bond donors (Lipinski definition) is 2. The summed E-state index contributed by atoms with van der Waals surface area (Å²) in [6, 6.07) is 17.9. The number of carbonyl (C=O) groups excluding carboxylic acids is 1. The Morgan fingerprint density at radius 3 is 2.45 bits per heavy atom. The van der Waals surface area contributed by atoms with E-state index in [0.29, 0.717) is 18.7 Å². The minimum atomic E-state index is -0.510. The molecule has 2 aromatic carbocycles. The number of likely N-dealkylation sites (tertiary alicyclic amines) is 1. The first-order chi connectivity index (χ1) is 14.1. The van der Waals surface area contributed by atoms with Crippen LogP contribution in [0.4, 0.5) is 0 Å². The van der Waals surface area contributed by atoms with Crippen molar-refractivity contribution in [2.75, 3.05) is 13.1 Å². The van der Waals surface area contributed by atoms with Crippen LogP contribution in [0.2, 0.25) is 0 Å². The van der Waals surface area contributed by atoms with E-state index in [1.165, 1.54) is 6.20 Å². The number of hydrogen-bond acceptors (Lipinski definition) is 4. The Morgan fingerprint density at radius 2 is 1.72 bits per heavy atom. The fourth-order valence-corrected chi connectivity index (χ4v) is 3.90. The van der Waals surface area contributed by atoms with Crippen molar-refractivity contribution in [3.63, 3.8) is 0 Å². The van der Waals surface area contributed by atoms with Gasteiger partial charge < -0.3 is 4.98 Å². The van der Waals surface area contributed by atoms with Crippen molar-refractivity contribution >= 4 is 5.78 Å². The standard InChI is InChI=1S/C23H23N3O3/c27-21(18-10-8-17(9-11-18)16-5-2-1-3-6-16)19-7-4-12-26(14-19)15-20-13-24-23(29)25-22(20)28/h1-3,5-6,8-11,13,19H,4,7,12,14-15H2,(H2,24,25,28,29)/t19-/m1/s1. The second-order valence-corrected chi connectivity index (χ2v) is 7.48. The lowest BCUT2D eigenvalue weighted by atomic mass is 9.89. The fourth-order valence-electron chi connectivity index (χ4n) is 3.90. The van der Waals surface area contributed by atoms with Crippen molar-refractivity contribution in [1.29, 1.82) is 0 Å². The van der Waals surface area contributed by atoms with Crippen molar-refractivity contribution in [2.24, 2.45) is 5.92 Å². The van der Waals surface area contributed by atoms with Gasteiger partial charge in [-0.25, -0.2) is 4.79 Å². The molecule has 0 spiro atoms. The van der Waals surface area contributed by atoms with Crippen LogP contribution in [0.25, 0.3) is 11.1 Å². The lowest BCUT2D eigenvalue weighted by Gasteiger charge is -2.31. The highest BCUT2D eigenvalue weighted by Gasteiger charge is 2.27. The highest BCUT2D eigenvalue weighted by Crippen LogP contribution is 2.24. The number of benzene rings is 2. The molecular weight excluding hydrogens is 366 g/mol. The lowest BCUT2D eigenvalue weighted by molar-refractivity contribution is 0.0811. The van der Waals surface area contributed by atoms with E-state index in [2.05, 4.69) is 14.9 Å². The number of H-pyrrole nitrogens is 2. The van der Waals surface area contributed by atoms with E-state index in [0.717, 1.165) is 36.1 Å². The Bertz CT molecular complexity index is 1100. The predicted molar refractivity (Wildman–Crippen MR) is 112 cm³/mol. The number of ketones is 1. The molecule has 2 heterocycles. The maximum Gasteiger partial charge on any atom is 0.325 e. The topological polar surface area (TPSA) is 86.0 Å². The molecule has 1 aliphatic heterocycles. The Kier molecular flexibility index (Phi) is 5.53. The lowest BCUT2D eigenvalue weighted by Crippen LogP contribution is -2.40. The number of nitrogens with one attached hydrogen (secondary N) is 2. The van der Waals surface area contributed by atoms with Crippen molar-refractivity contribution in [1.82, 2.24) is 14.9 Å². The summed E-state index contributed by atoms with van der Waals surface area (Å²) in [6.07, 6.45) is 3.20. The molecule has 1 fully saturated rings. The number of piperidine rings is 1. The fraction of sp³-hybridized carbons (Fsp3) is 0.261. The average Bonchev–Trinajstić information content (AvgIpc) is 2.76. The summed E-state index contributed by atoms with van der Waals surface area (Å²) in [6.45, 7) is 1.86. The molecule has 2 N–H and O–H groups in total. The molecule has 0 unspecified atom stereocenters. The molecular formula is C23H23N3O3. The van der Waals surface area contributed by atoms with E-state index < -0.39 is 5.69 Å². The van der Waals surface area contributed by atoms with Crippen LogP contribution in [-0.4, -0.2) is 33.7 Å². The van der Waals surface area contributed by atoms with Crippen LogP contribution >= 0.6 is 0 Å².